The maximum absolute atomic E-state index is 12.2. The van der Waals surface area contributed by atoms with Crippen LogP contribution >= 0.6 is 7.60 Å². The van der Waals surface area contributed by atoms with Crippen LogP contribution in [0.5, 0.6) is 0 Å². The van der Waals surface area contributed by atoms with Gasteiger partial charge in [0.2, 0.25) is 5.91 Å². The summed E-state index contributed by atoms with van der Waals surface area (Å²) in [6.07, 6.45) is -0.265. The number of hydrogen-bond donors (Lipinski definition) is 0. The lowest BCUT2D eigenvalue weighted by atomic mass is 10.5. The Labute approximate surface area is 107 Å². The second-order valence-corrected chi connectivity index (χ2v) is 5.40. The van der Waals surface area contributed by atoms with Crippen LogP contribution in [0.25, 0.3) is 0 Å². The molecule has 1 amide bonds. The van der Waals surface area contributed by atoms with Gasteiger partial charge in [-0.15, -0.1) is 0 Å². The molecule has 0 saturated heterocycles. The van der Waals surface area contributed by atoms with Crippen LogP contribution < -0.4 is 0 Å². The Morgan fingerprint density at radius 2 is 1.67 bits per heavy atom. The van der Waals surface area contributed by atoms with Gasteiger partial charge in [0.15, 0.2) is 0 Å². The van der Waals surface area contributed by atoms with Gasteiger partial charge in [-0.05, 0) is 13.8 Å². The average molecular weight is 281 g/mol. The molecule has 0 spiro atoms. The van der Waals surface area contributed by atoms with Gasteiger partial charge in [-0.3, -0.25) is 14.2 Å². The molecule has 7 nitrogen and oxygen atoms in total. The van der Waals surface area contributed by atoms with Crippen molar-refractivity contribution < 1.29 is 27.9 Å². The molecule has 0 fully saturated rings. The van der Waals surface area contributed by atoms with E-state index in [-0.39, 0.29) is 26.0 Å². The van der Waals surface area contributed by atoms with Gasteiger partial charge in [-0.25, -0.2) is 0 Å². The van der Waals surface area contributed by atoms with E-state index in [9.17, 15) is 14.2 Å². The highest BCUT2D eigenvalue weighted by atomic mass is 31.2. The van der Waals surface area contributed by atoms with Gasteiger partial charge in [0.25, 0.3) is 0 Å². The van der Waals surface area contributed by atoms with Crippen molar-refractivity contribution in [3.05, 3.63) is 0 Å². The summed E-state index contributed by atoms with van der Waals surface area (Å²) in [6, 6.07) is 0. The Hall–Kier alpha value is -0.910. The molecule has 0 aliphatic rings. The van der Waals surface area contributed by atoms with Crippen LogP contribution in [-0.4, -0.2) is 49.9 Å². The highest BCUT2D eigenvalue weighted by molar-refractivity contribution is 7.53. The zero-order valence-electron chi connectivity index (χ0n) is 11.2. The molecular formula is C10H20NO6P. The van der Waals surface area contributed by atoms with Crippen molar-refractivity contribution in [3.8, 4) is 0 Å². The highest BCUT2D eigenvalue weighted by Gasteiger charge is 2.29. The smallest absolute Gasteiger partial charge is 0.349 e. The molecular weight excluding hydrogens is 261 g/mol. The molecule has 0 saturated carbocycles. The third-order valence-corrected chi connectivity index (χ3v) is 3.98. The number of ether oxygens (including phenoxy) is 1. The van der Waals surface area contributed by atoms with Crippen LogP contribution in [0, 0.1) is 0 Å². The number of nitrogens with zero attached hydrogens (tertiary/aromatic N) is 1. The minimum Gasteiger partial charge on any atom is -0.468 e. The summed E-state index contributed by atoms with van der Waals surface area (Å²) in [5.74, 6) is -0.996. The second kappa shape index (κ2) is 8.24. The Kier molecular flexibility index (Phi) is 7.82. The lowest BCUT2D eigenvalue weighted by Gasteiger charge is -2.25. The Bertz CT molecular complexity index is 322. The monoisotopic (exact) mass is 281 g/mol. The molecule has 0 radical (unpaired) electrons. The van der Waals surface area contributed by atoms with E-state index in [0.717, 1.165) is 4.90 Å². The van der Waals surface area contributed by atoms with Gasteiger partial charge in [0, 0.05) is 6.92 Å². The average Bonchev–Trinajstić information content (AvgIpc) is 2.28. The highest BCUT2D eigenvalue weighted by Crippen LogP contribution is 2.48. The fraction of sp³-hybridized carbons (Fsp3) is 0.800. The van der Waals surface area contributed by atoms with Crippen molar-refractivity contribution in [2.24, 2.45) is 0 Å². The summed E-state index contributed by atoms with van der Waals surface area (Å²) in [5, 5.41) is 0. The SMILES string of the molecule is CCOP(=O)(CN(CC(=O)OC)C(C)=O)OCC. The third kappa shape index (κ3) is 6.14. The quantitative estimate of drug-likeness (QED) is 0.491. The first-order valence-electron chi connectivity index (χ1n) is 5.59. The number of carbonyl (C=O) groups excluding carboxylic acids is 2. The molecule has 0 rings (SSSR count). The van der Waals surface area contributed by atoms with Crippen molar-refractivity contribution in [1.82, 2.24) is 4.90 Å². The van der Waals surface area contributed by atoms with E-state index >= 15 is 0 Å². The lowest BCUT2D eigenvalue weighted by molar-refractivity contribution is -0.145. The first-order valence-corrected chi connectivity index (χ1v) is 7.31. The van der Waals surface area contributed by atoms with Crippen molar-refractivity contribution in [3.63, 3.8) is 0 Å². The van der Waals surface area contributed by atoms with Gasteiger partial charge in [-0.2, -0.15) is 0 Å². The summed E-state index contributed by atoms with van der Waals surface area (Å²) in [6.45, 7) is 4.72. The summed E-state index contributed by atoms with van der Waals surface area (Å²) < 4.78 is 26.8. The van der Waals surface area contributed by atoms with Crippen molar-refractivity contribution in [1.29, 1.82) is 0 Å². The summed E-state index contributed by atoms with van der Waals surface area (Å²) in [7, 11) is -2.19. The number of carbonyl (C=O) groups is 2. The van der Waals surface area contributed by atoms with E-state index < -0.39 is 19.5 Å². The molecule has 0 atom stereocenters. The Morgan fingerprint density at radius 3 is 2.00 bits per heavy atom. The van der Waals surface area contributed by atoms with E-state index in [1.165, 1.54) is 14.0 Å². The van der Waals surface area contributed by atoms with E-state index in [1.54, 1.807) is 13.8 Å². The Morgan fingerprint density at radius 1 is 1.17 bits per heavy atom. The summed E-state index contributed by atoms with van der Waals surface area (Å²) in [4.78, 5) is 23.6. The normalized spacial score (nSPS) is 11.1. The van der Waals surface area contributed by atoms with E-state index in [1.807, 2.05) is 0 Å². The van der Waals surface area contributed by atoms with Crippen LogP contribution in [0.4, 0.5) is 0 Å². The fourth-order valence-electron chi connectivity index (χ4n) is 1.20. The maximum atomic E-state index is 12.2. The summed E-state index contributed by atoms with van der Waals surface area (Å²) in [5.41, 5.74) is 0. The molecule has 8 heteroatoms. The second-order valence-electron chi connectivity index (χ2n) is 3.38. The predicted octanol–water partition coefficient (Wildman–Crippen LogP) is 1.23. The molecule has 0 aromatic heterocycles. The topological polar surface area (TPSA) is 82.1 Å². The minimum absolute atomic E-state index is 0.196. The van der Waals surface area contributed by atoms with Gasteiger partial charge < -0.3 is 18.7 Å². The molecule has 0 unspecified atom stereocenters. The van der Waals surface area contributed by atoms with Crippen LogP contribution in [0.1, 0.15) is 20.8 Å². The van der Waals surface area contributed by atoms with Gasteiger partial charge in [0.05, 0.1) is 20.3 Å². The van der Waals surface area contributed by atoms with Gasteiger partial charge in [0.1, 0.15) is 12.8 Å². The molecule has 0 bridgehead atoms. The number of amides is 1. The zero-order chi connectivity index (χ0) is 14.2. The van der Waals surface area contributed by atoms with Crippen LogP contribution in [0.2, 0.25) is 0 Å². The Balaban J connectivity index is 4.76. The van der Waals surface area contributed by atoms with Gasteiger partial charge in [-0.1, -0.05) is 0 Å². The lowest BCUT2D eigenvalue weighted by Crippen LogP contribution is -2.35. The van der Waals surface area contributed by atoms with Crippen molar-refractivity contribution >= 4 is 19.5 Å². The van der Waals surface area contributed by atoms with Crippen molar-refractivity contribution in [2.75, 3.05) is 33.2 Å². The standard InChI is InChI=1S/C10H20NO6P/c1-5-16-18(14,17-6-2)8-11(9(3)12)7-10(13)15-4/h5-8H2,1-4H3. The first kappa shape index (κ1) is 17.1. The van der Waals surface area contributed by atoms with Crippen molar-refractivity contribution in [2.45, 2.75) is 20.8 Å². The zero-order valence-corrected chi connectivity index (χ0v) is 12.1. The summed E-state index contributed by atoms with van der Waals surface area (Å²) >= 11 is 0. The molecule has 0 aromatic rings. The molecule has 0 N–H and O–H groups in total. The number of hydrogen-bond acceptors (Lipinski definition) is 6. The van der Waals surface area contributed by atoms with E-state index in [0.29, 0.717) is 0 Å². The number of methoxy groups -OCH3 is 1. The molecule has 0 aliphatic carbocycles. The van der Waals surface area contributed by atoms with Crippen LogP contribution in [-0.2, 0) is 27.9 Å². The maximum Gasteiger partial charge on any atom is 0.349 e. The minimum atomic E-state index is -3.40. The van der Waals surface area contributed by atoms with E-state index in [4.69, 9.17) is 9.05 Å². The van der Waals surface area contributed by atoms with Gasteiger partial charge >= 0.3 is 13.6 Å². The molecule has 0 aromatic carbocycles. The molecule has 0 heterocycles. The molecule has 0 aliphatic heterocycles. The predicted molar refractivity (Wildman–Crippen MR) is 65.1 cm³/mol. The first-order chi connectivity index (χ1) is 8.38. The largest absolute Gasteiger partial charge is 0.468 e. The molecule has 18 heavy (non-hydrogen) atoms. The third-order valence-electron chi connectivity index (χ3n) is 1.99. The van der Waals surface area contributed by atoms with E-state index in [2.05, 4.69) is 4.74 Å². The van der Waals surface area contributed by atoms with Crippen LogP contribution in [0.3, 0.4) is 0 Å². The fourth-order valence-corrected chi connectivity index (χ4v) is 2.94. The number of rotatable bonds is 8. The number of esters is 1. The van der Waals surface area contributed by atoms with Crippen LogP contribution in [0.15, 0.2) is 0 Å². The molecule has 106 valence electrons.